The van der Waals surface area contributed by atoms with Gasteiger partial charge in [0.15, 0.2) is 5.58 Å². The number of hydrogen-bond acceptors (Lipinski definition) is 8. The molecule has 7 rings (SSSR count). The molecule has 168 valence electrons. The Bertz CT molecular complexity index is 1710. The van der Waals surface area contributed by atoms with E-state index < -0.39 is 0 Å². The van der Waals surface area contributed by atoms with Crippen molar-refractivity contribution in [2.75, 3.05) is 5.01 Å². The molecule has 35 heavy (non-hydrogen) atoms. The topological polar surface area (TPSA) is 96.9 Å². The van der Waals surface area contributed by atoms with Crippen LogP contribution in [-0.2, 0) is 0 Å². The third-order valence-corrected chi connectivity index (χ3v) is 5.91. The van der Waals surface area contributed by atoms with Crippen molar-refractivity contribution >= 4 is 33.3 Å². The fourth-order valence-corrected chi connectivity index (χ4v) is 4.22. The molecule has 0 radical (unpaired) electrons. The Kier molecular flexibility index (Phi) is 4.33. The molecule has 2 aromatic carbocycles. The van der Waals surface area contributed by atoms with E-state index in [0.717, 1.165) is 50.4 Å². The summed E-state index contributed by atoms with van der Waals surface area (Å²) in [6.45, 7) is 0. The summed E-state index contributed by atoms with van der Waals surface area (Å²) in [5.41, 5.74) is 12.9. The minimum atomic E-state index is 0.716. The van der Waals surface area contributed by atoms with Gasteiger partial charge >= 0.3 is 0 Å². The van der Waals surface area contributed by atoms with Crippen LogP contribution in [0.1, 0.15) is 5.69 Å². The SMILES string of the molecule is C1=C(c2ccccn2)NNN1c1cccc2c1oc1ccc(-n3cc(-c4ccccn4)nn3)cc12. The summed E-state index contributed by atoms with van der Waals surface area (Å²) in [6, 6.07) is 23.6. The molecule has 1 aliphatic rings. The molecule has 9 heteroatoms. The summed E-state index contributed by atoms with van der Waals surface area (Å²) in [5, 5.41) is 12.5. The fraction of sp³-hybridized carbons (Fsp3) is 0. The molecule has 1 aliphatic heterocycles. The summed E-state index contributed by atoms with van der Waals surface area (Å²) in [4.78, 5) is 8.76. The molecule has 9 nitrogen and oxygen atoms in total. The van der Waals surface area contributed by atoms with Crippen LogP contribution in [0.25, 0.3) is 44.7 Å². The molecule has 0 aliphatic carbocycles. The normalized spacial score (nSPS) is 13.4. The first-order chi connectivity index (χ1) is 17.3. The number of benzene rings is 2. The molecule has 0 saturated carbocycles. The fourth-order valence-electron chi connectivity index (χ4n) is 4.22. The first-order valence-corrected chi connectivity index (χ1v) is 11.1. The Labute approximate surface area is 199 Å². The molecule has 0 atom stereocenters. The van der Waals surface area contributed by atoms with Crippen molar-refractivity contribution < 1.29 is 4.42 Å². The molecule has 4 aromatic heterocycles. The number of furan rings is 1. The largest absolute Gasteiger partial charge is 0.454 e. The summed E-state index contributed by atoms with van der Waals surface area (Å²) in [6.07, 6.45) is 7.35. The van der Waals surface area contributed by atoms with Gasteiger partial charge in [-0.3, -0.25) is 20.4 Å². The smallest absolute Gasteiger partial charge is 0.160 e. The Morgan fingerprint density at radius 2 is 1.63 bits per heavy atom. The first-order valence-electron chi connectivity index (χ1n) is 11.1. The van der Waals surface area contributed by atoms with E-state index in [1.807, 2.05) is 78.1 Å². The number of nitrogens with one attached hydrogen (secondary N) is 2. The molecule has 0 fully saturated rings. The average molecular weight is 458 g/mol. The second-order valence-corrected chi connectivity index (χ2v) is 8.06. The van der Waals surface area contributed by atoms with Crippen molar-refractivity contribution in [1.82, 2.24) is 35.9 Å². The van der Waals surface area contributed by atoms with Gasteiger partial charge in [-0.15, -0.1) is 10.6 Å². The number of fused-ring (bicyclic) bond motifs is 3. The lowest BCUT2D eigenvalue weighted by molar-refractivity contribution is 0.652. The number of nitrogens with zero attached hydrogens (tertiary/aromatic N) is 6. The van der Waals surface area contributed by atoms with Crippen LogP contribution in [0.4, 0.5) is 5.69 Å². The number of hydrogen-bond donors (Lipinski definition) is 2. The number of pyridine rings is 2. The van der Waals surface area contributed by atoms with E-state index in [2.05, 4.69) is 43.4 Å². The van der Waals surface area contributed by atoms with Gasteiger partial charge in [0.2, 0.25) is 0 Å². The highest BCUT2D eigenvalue weighted by Gasteiger charge is 2.20. The lowest BCUT2D eigenvalue weighted by atomic mass is 10.1. The van der Waals surface area contributed by atoms with Gasteiger partial charge in [0.05, 0.1) is 35.2 Å². The van der Waals surface area contributed by atoms with Crippen LogP contribution in [0.5, 0.6) is 0 Å². The van der Waals surface area contributed by atoms with Gasteiger partial charge in [0.1, 0.15) is 17.0 Å². The van der Waals surface area contributed by atoms with Gasteiger partial charge in [0, 0.05) is 23.2 Å². The molecule has 0 unspecified atom stereocenters. The summed E-state index contributed by atoms with van der Waals surface area (Å²) >= 11 is 0. The highest BCUT2D eigenvalue weighted by atomic mass is 16.3. The second-order valence-electron chi connectivity index (χ2n) is 8.06. The van der Waals surface area contributed by atoms with Crippen LogP contribution >= 0.6 is 0 Å². The molecule has 0 amide bonds. The van der Waals surface area contributed by atoms with E-state index in [1.165, 1.54) is 0 Å². The van der Waals surface area contributed by atoms with Crippen LogP contribution in [0.15, 0.2) is 102 Å². The highest BCUT2D eigenvalue weighted by molar-refractivity contribution is 6.09. The molecular weight excluding hydrogens is 440 g/mol. The van der Waals surface area contributed by atoms with Crippen LogP contribution in [0.2, 0.25) is 0 Å². The molecule has 5 heterocycles. The number of aromatic nitrogens is 5. The van der Waals surface area contributed by atoms with Crippen molar-refractivity contribution in [3.63, 3.8) is 0 Å². The third-order valence-electron chi connectivity index (χ3n) is 5.91. The van der Waals surface area contributed by atoms with Gasteiger partial charge in [-0.2, -0.15) is 0 Å². The van der Waals surface area contributed by atoms with Crippen molar-refractivity contribution in [3.05, 3.63) is 103 Å². The Morgan fingerprint density at radius 1 is 0.771 bits per heavy atom. The second kappa shape index (κ2) is 7.79. The molecule has 0 saturated heterocycles. The van der Waals surface area contributed by atoms with Crippen LogP contribution in [-0.4, -0.2) is 25.0 Å². The summed E-state index contributed by atoms with van der Waals surface area (Å²) < 4.78 is 8.04. The van der Waals surface area contributed by atoms with Gasteiger partial charge in [-0.25, -0.2) is 4.68 Å². The Morgan fingerprint density at radius 3 is 2.46 bits per heavy atom. The zero-order valence-electron chi connectivity index (χ0n) is 18.3. The minimum Gasteiger partial charge on any atom is -0.454 e. The van der Waals surface area contributed by atoms with E-state index >= 15 is 0 Å². The predicted molar refractivity (Wildman–Crippen MR) is 133 cm³/mol. The van der Waals surface area contributed by atoms with Crippen molar-refractivity contribution in [2.45, 2.75) is 0 Å². The summed E-state index contributed by atoms with van der Waals surface area (Å²) in [5.74, 6) is 0. The zero-order valence-corrected chi connectivity index (χ0v) is 18.3. The maximum absolute atomic E-state index is 6.29. The van der Waals surface area contributed by atoms with E-state index in [0.29, 0.717) is 5.69 Å². The quantitative estimate of drug-likeness (QED) is 0.400. The van der Waals surface area contributed by atoms with Crippen molar-refractivity contribution in [2.24, 2.45) is 0 Å². The van der Waals surface area contributed by atoms with Crippen LogP contribution in [0, 0.1) is 0 Å². The zero-order chi connectivity index (χ0) is 23.2. The lowest BCUT2D eigenvalue weighted by Crippen LogP contribution is -2.36. The minimum absolute atomic E-state index is 0.716. The van der Waals surface area contributed by atoms with Crippen molar-refractivity contribution in [1.29, 1.82) is 0 Å². The monoisotopic (exact) mass is 458 g/mol. The average Bonchev–Trinajstić information content (AvgIpc) is 3.68. The van der Waals surface area contributed by atoms with Crippen LogP contribution < -0.4 is 16.0 Å². The summed E-state index contributed by atoms with van der Waals surface area (Å²) in [7, 11) is 0. The van der Waals surface area contributed by atoms with Crippen LogP contribution in [0.3, 0.4) is 0 Å². The number of rotatable bonds is 4. The number of hydrazine groups is 2. The van der Waals surface area contributed by atoms with E-state index in [1.54, 1.807) is 17.1 Å². The third kappa shape index (κ3) is 3.30. The lowest BCUT2D eigenvalue weighted by Gasteiger charge is -2.15. The Hall–Kier alpha value is -5.02. The molecule has 2 N–H and O–H groups in total. The highest BCUT2D eigenvalue weighted by Crippen LogP contribution is 2.36. The van der Waals surface area contributed by atoms with Crippen molar-refractivity contribution in [3.8, 4) is 17.1 Å². The number of anilines is 1. The van der Waals surface area contributed by atoms with E-state index in [-0.39, 0.29) is 0 Å². The predicted octanol–water partition coefficient (Wildman–Crippen LogP) is 4.45. The molecular formula is C26H18N8O. The van der Waals surface area contributed by atoms with Gasteiger partial charge in [-0.05, 0) is 48.5 Å². The van der Waals surface area contributed by atoms with Gasteiger partial charge in [-0.1, -0.05) is 29.5 Å². The molecule has 0 bridgehead atoms. The Balaban J connectivity index is 1.28. The standard InChI is InChI=1S/C26H18N8O/c1-3-12-27-20(7-1)22-15-33(31-29-22)17-10-11-25-19(14-17)18-6-5-9-24(26(18)35-25)34-16-23(30-32-34)21-8-2-4-13-28-21/h1-16,30,32H. The molecule has 0 spiro atoms. The maximum atomic E-state index is 6.29. The first kappa shape index (κ1) is 19.4. The van der Waals surface area contributed by atoms with E-state index in [9.17, 15) is 0 Å². The van der Waals surface area contributed by atoms with E-state index in [4.69, 9.17) is 4.42 Å². The van der Waals surface area contributed by atoms with Gasteiger partial charge in [0.25, 0.3) is 0 Å². The number of para-hydroxylation sites is 1. The van der Waals surface area contributed by atoms with Gasteiger partial charge < -0.3 is 4.42 Å². The maximum Gasteiger partial charge on any atom is 0.160 e. The molecule has 6 aromatic rings.